The van der Waals surface area contributed by atoms with Gasteiger partial charge < -0.3 is 15.8 Å². The number of rotatable bonds is 2. The quantitative estimate of drug-likeness (QED) is 0.811. The minimum absolute atomic E-state index is 0.0441. The van der Waals surface area contributed by atoms with Gasteiger partial charge in [-0.1, -0.05) is 11.6 Å². The van der Waals surface area contributed by atoms with E-state index in [9.17, 15) is 13.2 Å². The average Bonchev–Trinajstić information content (AvgIpc) is 2.06. The first-order valence-corrected chi connectivity index (χ1v) is 4.68. The first-order valence-electron chi connectivity index (χ1n) is 3.90. The van der Waals surface area contributed by atoms with Gasteiger partial charge in [0.25, 0.3) is 0 Å². The lowest BCUT2D eigenvalue weighted by molar-refractivity contribution is -0.274. The third-order valence-corrected chi connectivity index (χ3v) is 1.76. The van der Waals surface area contributed by atoms with Crippen molar-refractivity contribution in [3.8, 4) is 5.75 Å². The molecule has 0 amide bonds. The van der Waals surface area contributed by atoms with Crippen LogP contribution in [0.4, 0.5) is 18.9 Å². The van der Waals surface area contributed by atoms with Gasteiger partial charge in [-0.3, -0.25) is 0 Å². The smallest absolute Gasteiger partial charge is 0.404 e. The van der Waals surface area contributed by atoms with Gasteiger partial charge >= 0.3 is 6.36 Å². The monoisotopic (exact) mass is 270 g/mol. The molecule has 0 bridgehead atoms. The summed E-state index contributed by atoms with van der Waals surface area (Å²) in [5.74, 6) is -0.454. The van der Waals surface area contributed by atoms with Crippen LogP contribution in [-0.2, 0) is 0 Å². The molecule has 88 valence electrons. The Morgan fingerprint density at radius 2 is 2.06 bits per heavy atom. The van der Waals surface area contributed by atoms with E-state index in [4.69, 9.17) is 17.3 Å². The van der Waals surface area contributed by atoms with Gasteiger partial charge in [0.15, 0.2) is 10.9 Å². The summed E-state index contributed by atoms with van der Waals surface area (Å²) in [7, 11) is 0. The van der Waals surface area contributed by atoms with Crippen LogP contribution in [0.3, 0.4) is 0 Å². The van der Waals surface area contributed by atoms with E-state index in [2.05, 4.69) is 22.3 Å². The molecule has 8 heteroatoms. The SMILES string of the molecule is NC(=S)Nc1cc(Cl)ccc1OC(F)(F)F. The third kappa shape index (κ3) is 4.11. The molecule has 0 aliphatic rings. The highest BCUT2D eigenvalue weighted by Crippen LogP contribution is 2.32. The highest BCUT2D eigenvalue weighted by Gasteiger charge is 2.32. The van der Waals surface area contributed by atoms with Crippen LogP contribution < -0.4 is 15.8 Å². The number of alkyl halides is 3. The Morgan fingerprint density at radius 1 is 1.44 bits per heavy atom. The Hall–Kier alpha value is -1.21. The van der Waals surface area contributed by atoms with E-state index in [0.717, 1.165) is 6.07 Å². The van der Waals surface area contributed by atoms with Crippen LogP contribution in [0.25, 0.3) is 0 Å². The first kappa shape index (κ1) is 12.9. The highest BCUT2D eigenvalue weighted by atomic mass is 35.5. The van der Waals surface area contributed by atoms with E-state index in [1.807, 2.05) is 0 Å². The van der Waals surface area contributed by atoms with Crippen molar-refractivity contribution in [1.82, 2.24) is 0 Å². The van der Waals surface area contributed by atoms with E-state index in [0.29, 0.717) is 0 Å². The van der Waals surface area contributed by atoms with Gasteiger partial charge in [-0.05, 0) is 30.4 Å². The van der Waals surface area contributed by atoms with Crippen molar-refractivity contribution in [3.63, 3.8) is 0 Å². The Bertz CT molecular complexity index is 411. The summed E-state index contributed by atoms with van der Waals surface area (Å²) in [5.41, 5.74) is 5.10. The van der Waals surface area contributed by atoms with Gasteiger partial charge in [-0.25, -0.2) is 0 Å². The highest BCUT2D eigenvalue weighted by molar-refractivity contribution is 7.80. The average molecular weight is 271 g/mol. The van der Waals surface area contributed by atoms with Crippen LogP contribution in [0.2, 0.25) is 5.02 Å². The normalized spacial score (nSPS) is 11.0. The van der Waals surface area contributed by atoms with Gasteiger partial charge in [-0.15, -0.1) is 13.2 Å². The first-order chi connectivity index (χ1) is 7.28. The minimum atomic E-state index is -4.79. The summed E-state index contributed by atoms with van der Waals surface area (Å²) in [6.07, 6.45) is -4.79. The van der Waals surface area contributed by atoms with Crippen molar-refractivity contribution in [1.29, 1.82) is 0 Å². The number of anilines is 1. The summed E-state index contributed by atoms with van der Waals surface area (Å²) >= 11 is 10.1. The lowest BCUT2D eigenvalue weighted by Gasteiger charge is -2.14. The van der Waals surface area contributed by atoms with Crippen LogP contribution in [-0.4, -0.2) is 11.5 Å². The second-order valence-electron chi connectivity index (χ2n) is 2.68. The molecule has 0 saturated carbocycles. The maximum absolute atomic E-state index is 12.0. The molecule has 0 unspecified atom stereocenters. The molecular formula is C8H6ClF3N2OS. The number of nitrogens with two attached hydrogens (primary N) is 1. The van der Waals surface area contributed by atoms with Crippen LogP contribution in [0.5, 0.6) is 5.75 Å². The molecule has 1 aromatic carbocycles. The zero-order valence-corrected chi connectivity index (χ0v) is 9.21. The summed E-state index contributed by atoms with van der Waals surface area (Å²) in [5, 5.41) is 2.38. The number of thiocarbonyl (C=S) groups is 1. The fraction of sp³-hybridized carbons (Fsp3) is 0.125. The molecule has 3 N–H and O–H groups in total. The number of ether oxygens (including phenoxy) is 1. The fourth-order valence-corrected chi connectivity index (χ4v) is 1.23. The lowest BCUT2D eigenvalue weighted by atomic mass is 10.3. The molecule has 0 fully saturated rings. The van der Waals surface area contributed by atoms with Gasteiger partial charge in [0.05, 0.1) is 5.69 Å². The number of hydrogen-bond donors (Lipinski definition) is 2. The van der Waals surface area contributed by atoms with Gasteiger partial charge in [0.1, 0.15) is 0 Å². The summed E-state index contributed by atoms with van der Waals surface area (Å²) in [4.78, 5) is 0. The van der Waals surface area contributed by atoms with E-state index in [1.54, 1.807) is 0 Å². The number of hydrogen-bond acceptors (Lipinski definition) is 2. The van der Waals surface area contributed by atoms with Crippen LogP contribution in [0.1, 0.15) is 0 Å². The van der Waals surface area contributed by atoms with E-state index >= 15 is 0 Å². The van der Waals surface area contributed by atoms with Gasteiger partial charge in [-0.2, -0.15) is 0 Å². The maximum atomic E-state index is 12.0. The fourth-order valence-electron chi connectivity index (χ4n) is 0.946. The van der Waals surface area contributed by atoms with Crippen molar-refractivity contribution < 1.29 is 17.9 Å². The Balaban J connectivity index is 3.02. The van der Waals surface area contributed by atoms with Crippen molar-refractivity contribution in [3.05, 3.63) is 23.2 Å². The number of benzene rings is 1. The molecule has 0 aliphatic heterocycles. The molecule has 0 aliphatic carbocycles. The van der Waals surface area contributed by atoms with E-state index in [1.165, 1.54) is 12.1 Å². The molecule has 0 heterocycles. The van der Waals surface area contributed by atoms with Crippen LogP contribution in [0, 0.1) is 0 Å². The zero-order valence-electron chi connectivity index (χ0n) is 7.64. The number of halogens is 4. The lowest BCUT2D eigenvalue weighted by Crippen LogP contribution is -2.22. The molecule has 0 saturated heterocycles. The van der Waals surface area contributed by atoms with Crippen LogP contribution in [0.15, 0.2) is 18.2 Å². The molecule has 1 aromatic rings. The number of nitrogens with one attached hydrogen (secondary N) is 1. The van der Waals surface area contributed by atoms with Crippen molar-refractivity contribution >= 4 is 34.6 Å². The predicted molar refractivity (Wildman–Crippen MR) is 58.5 cm³/mol. The molecular weight excluding hydrogens is 265 g/mol. The maximum Gasteiger partial charge on any atom is 0.573 e. The molecule has 0 aromatic heterocycles. The second kappa shape index (κ2) is 4.75. The third-order valence-electron chi connectivity index (χ3n) is 1.43. The molecule has 16 heavy (non-hydrogen) atoms. The molecule has 0 radical (unpaired) electrons. The Labute approximate surface area is 99.3 Å². The molecule has 3 nitrogen and oxygen atoms in total. The van der Waals surface area contributed by atoms with E-state index < -0.39 is 12.1 Å². The molecule has 1 rings (SSSR count). The van der Waals surface area contributed by atoms with Crippen molar-refractivity contribution in [2.24, 2.45) is 5.73 Å². The zero-order chi connectivity index (χ0) is 12.3. The van der Waals surface area contributed by atoms with Crippen molar-refractivity contribution in [2.75, 3.05) is 5.32 Å². The second-order valence-corrected chi connectivity index (χ2v) is 3.55. The van der Waals surface area contributed by atoms with Gasteiger partial charge in [0.2, 0.25) is 0 Å². The summed E-state index contributed by atoms with van der Waals surface area (Å²) in [6.45, 7) is 0. The molecule has 0 atom stereocenters. The van der Waals surface area contributed by atoms with Crippen molar-refractivity contribution in [2.45, 2.75) is 6.36 Å². The van der Waals surface area contributed by atoms with E-state index in [-0.39, 0.29) is 15.8 Å². The Kier molecular flexibility index (Phi) is 3.82. The molecule has 0 spiro atoms. The van der Waals surface area contributed by atoms with Gasteiger partial charge in [0, 0.05) is 5.02 Å². The Morgan fingerprint density at radius 3 is 2.56 bits per heavy atom. The summed E-state index contributed by atoms with van der Waals surface area (Å²) < 4.78 is 39.8. The standard InChI is InChI=1S/C8H6ClF3N2OS/c9-4-1-2-6(15-8(10,11)12)5(3-4)14-7(13)16/h1-3H,(H3,13,14,16). The largest absolute Gasteiger partial charge is 0.573 e. The van der Waals surface area contributed by atoms with Crippen LogP contribution >= 0.6 is 23.8 Å². The minimum Gasteiger partial charge on any atom is -0.404 e. The topological polar surface area (TPSA) is 47.3 Å². The summed E-state index contributed by atoms with van der Waals surface area (Å²) in [6, 6.07) is 3.55. The predicted octanol–water partition coefficient (Wildman–Crippen LogP) is 2.89.